The van der Waals surface area contributed by atoms with Crippen molar-refractivity contribution in [3.8, 4) is 5.75 Å². The summed E-state index contributed by atoms with van der Waals surface area (Å²) < 4.78 is 16.8. The van der Waals surface area contributed by atoms with Gasteiger partial charge in [-0.25, -0.2) is 0 Å². The first-order valence-electron chi connectivity index (χ1n) is 7.01. The van der Waals surface area contributed by atoms with E-state index in [2.05, 4.69) is 12.1 Å². The Kier molecular flexibility index (Phi) is 4.01. The first-order chi connectivity index (χ1) is 9.34. The van der Waals surface area contributed by atoms with Gasteiger partial charge in [-0.1, -0.05) is 18.2 Å². The summed E-state index contributed by atoms with van der Waals surface area (Å²) in [6.45, 7) is 2.73. The first kappa shape index (κ1) is 12.9. The zero-order chi connectivity index (χ0) is 13.1. The molecule has 3 atom stereocenters. The van der Waals surface area contributed by atoms with Crippen LogP contribution < -0.4 is 10.5 Å². The van der Waals surface area contributed by atoms with Crippen LogP contribution in [0.4, 0.5) is 0 Å². The molecule has 3 rings (SSSR count). The smallest absolute Gasteiger partial charge is 0.122 e. The normalized spacial score (nSPS) is 28.3. The summed E-state index contributed by atoms with van der Waals surface area (Å²) in [4.78, 5) is 0. The topological polar surface area (TPSA) is 53.7 Å². The maximum Gasteiger partial charge on any atom is 0.122 e. The van der Waals surface area contributed by atoms with Crippen LogP contribution in [-0.4, -0.2) is 38.6 Å². The summed E-state index contributed by atoms with van der Waals surface area (Å²) in [6.07, 6.45) is 1.98. The first-order valence-corrected chi connectivity index (χ1v) is 7.01. The molecule has 4 heteroatoms. The molecule has 0 bridgehead atoms. The predicted molar refractivity (Wildman–Crippen MR) is 72.4 cm³/mol. The second-order valence-electron chi connectivity index (χ2n) is 5.26. The van der Waals surface area contributed by atoms with Crippen LogP contribution in [0.3, 0.4) is 0 Å². The van der Waals surface area contributed by atoms with Crippen molar-refractivity contribution in [2.24, 2.45) is 5.73 Å². The molecule has 0 spiro atoms. The minimum Gasteiger partial charge on any atom is -0.493 e. The molecular weight excluding hydrogens is 242 g/mol. The zero-order valence-corrected chi connectivity index (χ0v) is 11.1. The van der Waals surface area contributed by atoms with Gasteiger partial charge in [0.2, 0.25) is 0 Å². The van der Waals surface area contributed by atoms with Crippen molar-refractivity contribution in [2.45, 2.75) is 30.9 Å². The second-order valence-corrected chi connectivity index (χ2v) is 5.26. The monoisotopic (exact) mass is 263 g/mol. The lowest BCUT2D eigenvalue weighted by atomic mass is 9.86. The SMILES string of the molecule is NC(CC1CCOc2ccccc21)C1COCCO1. The summed E-state index contributed by atoms with van der Waals surface area (Å²) in [7, 11) is 0. The van der Waals surface area contributed by atoms with Crippen LogP contribution in [0.15, 0.2) is 24.3 Å². The van der Waals surface area contributed by atoms with Crippen LogP contribution in [0.2, 0.25) is 0 Å². The fourth-order valence-corrected chi connectivity index (χ4v) is 2.89. The van der Waals surface area contributed by atoms with E-state index in [1.807, 2.05) is 12.1 Å². The highest BCUT2D eigenvalue weighted by Crippen LogP contribution is 2.36. The van der Waals surface area contributed by atoms with Crippen molar-refractivity contribution in [3.63, 3.8) is 0 Å². The number of fused-ring (bicyclic) bond motifs is 1. The summed E-state index contributed by atoms with van der Waals surface area (Å²) in [5.41, 5.74) is 7.57. The summed E-state index contributed by atoms with van der Waals surface area (Å²) in [5, 5.41) is 0. The molecule has 19 heavy (non-hydrogen) atoms. The van der Waals surface area contributed by atoms with Gasteiger partial charge in [-0.2, -0.15) is 0 Å². The molecule has 3 unspecified atom stereocenters. The fourth-order valence-electron chi connectivity index (χ4n) is 2.89. The summed E-state index contributed by atoms with van der Waals surface area (Å²) in [5.74, 6) is 1.47. The summed E-state index contributed by atoms with van der Waals surface area (Å²) >= 11 is 0. The van der Waals surface area contributed by atoms with Gasteiger partial charge in [0.05, 0.1) is 32.5 Å². The summed E-state index contributed by atoms with van der Waals surface area (Å²) in [6, 6.07) is 8.28. The van der Waals surface area contributed by atoms with Crippen LogP contribution in [0.5, 0.6) is 5.75 Å². The van der Waals surface area contributed by atoms with Crippen molar-refractivity contribution in [2.75, 3.05) is 26.4 Å². The molecule has 1 aromatic rings. The van der Waals surface area contributed by atoms with Gasteiger partial charge < -0.3 is 19.9 Å². The number of hydrogen-bond donors (Lipinski definition) is 1. The molecule has 2 aliphatic rings. The standard InChI is InChI=1S/C15H21NO3/c16-13(15-10-17-7-8-19-15)9-11-5-6-18-14-4-2-1-3-12(11)14/h1-4,11,13,15H,5-10,16H2. The third kappa shape index (κ3) is 2.91. The van der Waals surface area contributed by atoms with Gasteiger partial charge in [-0.05, 0) is 30.4 Å². The minimum atomic E-state index is 0.0245. The Morgan fingerprint density at radius 2 is 2.11 bits per heavy atom. The highest BCUT2D eigenvalue weighted by molar-refractivity contribution is 5.37. The van der Waals surface area contributed by atoms with E-state index in [4.69, 9.17) is 19.9 Å². The van der Waals surface area contributed by atoms with Crippen molar-refractivity contribution in [3.05, 3.63) is 29.8 Å². The van der Waals surface area contributed by atoms with E-state index in [0.29, 0.717) is 25.7 Å². The van der Waals surface area contributed by atoms with E-state index >= 15 is 0 Å². The van der Waals surface area contributed by atoms with Crippen molar-refractivity contribution in [1.29, 1.82) is 0 Å². The molecule has 0 aliphatic carbocycles. The number of ether oxygens (including phenoxy) is 3. The fraction of sp³-hybridized carbons (Fsp3) is 0.600. The Morgan fingerprint density at radius 3 is 2.95 bits per heavy atom. The lowest BCUT2D eigenvalue weighted by molar-refractivity contribution is -0.0984. The van der Waals surface area contributed by atoms with Crippen LogP contribution in [0, 0.1) is 0 Å². The predicted octanol–water partition coefficient (Wildman–Crippen LogP) is 1.69. The number of para-hydroxylation sites is 1. The van der Waals surface area contributed by atoms with Gasteiger partial charge in [-0.3, -0.25) is 0 Å². The average molecular weight is 263 g/mol. The number of nitrogens with two attached hydrogens (primary N) is 1. The van der Waals surface area contributed by atoms with Crippen LogP contribution in [-0.2, 0) is 9.47 Å². The number of benzene rings is 1. The van der Waals surface area contributed by atoms with Gasteiger partial charge in [0.25, 0.3) is 0 Å². The van der Waals surface area contributed by atoms with E-state index in [1.54, 1.807) is 0 Å². The highest BCUT2D eigenvalue weighted by atomic mass is 16.6. The Balaban J connectivity index is 1.66. The Labute approximate surface area is 113 Å². The van der Waals surface area contributed by atoms with E-state index in [9.17, 15) is 0 Å². The molecular formula is C15H21NO3. The van der Waals surface area contributed by atoms with Gasteiger partial charge in [-0.15, -0.1) is 0 Å². The molecule has 2 N–H and O–H groups in total. The van der Waals surface area contributed by atoms with Gasteiger partial charge in [0.1, 0.15) is 5.75 Å². The van der Waals surface area contributed by atoms with E-state index in [0.717, 1.165) is 25.2 Å². The van der Waals surface area contributed by atoms with Crippen LogP contribution in [0.25, 0.3) is 0 Å². The molecule has 104 valence electrons. The quantitative estimate of drug-likeness (QED) is 0.901. The molecule has 4 nitrogen and oxygen atoms in total. The molecule has 0 amide bonds. The molecule has 0 radical (unpaired) electrons. The number of rotatable bonds is 3. The lowest BCUT2D eigenvalue weighted by Gasteiger charge is -2.32. The maximum absolute atomic E-state index is 6.29. The van der Waals surface area contributed by atoms with Crippen molar-refractivity contribution >= 4 is 0 Å². The van der Waals surface area contributed by atoms with Gasteiger partial charge in [0.15, 0.2) is 0 Å². The largest absolute Gasteiger partial charge is 0.493 e. The molecule has 1 saturated heterocycles. The molecule has 0 aromatic heterocycles. The molecule has 2 aliphatic heterocycles. The number of hydrogen-bond acceptors (Lipinski definition) is 4. The molecule has 1 aromatic carbocycles. The minimum absolute atomic E-state index is 0.0245. The van der Waals surface area contributed by atoms with E-state index < -0.39 is 0 Å². The maximum atomic E-state index is 6.29. The molecule has 1 fully saturated rings. The lowest BCUT2D eigenvalue weighted by Crippen LogP contribution is -2.44. The third-order valence-electron chi connectivity index (χ3n) is 3.96. The second kappa shape index (κ2) is 5.90. The van der Waals surface area contributed by atoms with Crippen molar-refractivity contribution < 1.29 is 14.2 Å². The van der Waals surface area contributed by atoms with Crippen LogP contribution in [0.1, 0.15) is 24.3 Å². The van der Waals surface area contributed by atoms with Gasteiger partial charge in [0, 0.05) is 6.04 Å². The Hall–Kier alpha value is -1.10. The average Bonchev–Trinajstić information content (AvgIpc) is 2.48. The Morgan fingerprint density at radius 1 is 1.21 bits per heavy atom. The highest BCUT2D eigenvalue weighted by Gasteiger charge is 2.28. The van der Waals surface area contributed by atoms with E-state index in [1.165, 1.54) is 5.56 Å². The molecule has 2 heterocycles. The van der Waals surface area contributed by atoms with E-state index in [-0.39, 0.29) is 12.1 Å². The molecule has 0 saturated carbocycles. The Bertz CT molecular complexity index is 418. The third-order valence-corrected chi connectivity index (χ3v) is 3.96. The van der Waals surface area contributed by atoms with Crippen LogP contribution >= 0.6 is 0 Å². The zero-order valence-electron chi connectivity index (χ0n) is 11.1. The van der Waals surface area contributed by atoms with Crippen molar-refractivity contribution in [1.82, 2.24) is 0 Å². The van der Waals surface area contributed by atoms with Gasteiger partial charge >= 0.3 is 0 Å².